The number of allylic oxidation sites excluding steroid dienone is 1. The summed E-state index contributed by atoms with van der Waals surface area (Å²) < 4.78 is 0. The lowest BCUT2D eigenvalue weighted by Crippen LogP contribution is -2.30. The molecule has 0 radical (unpaired) electrons. The summed E-state index contributed by atoms with van der Waals surface area (Å²) in [5.74, 6) is -1.22. The van der Waals surface area contributed by atoms with Crippen LogP contribution >= 0.6 is 0 Å². The number of hydrogen-bond acceptors (Lipinski definition) is 4. The van der Waals surface area contributed by atoms with Gasteiger partial charge in [-0.3, -0.25) is 14.9 Å². The minimum absolute atomic E-state index is 0.0277. The van der Waals surface area contributed by atoms with Gasteiger partial charge in [0.25, 0.3) is 5.70 Å². The fourth-order valence-corrected chi connectivity index (χ4v) is 0.600. The fourth-order valence-electron chi connectivity index (χ4n) is 0.600. The quantitative estimate of drug-likeness (QED) is 0.360. The molecule has 0 aromatic heterocycles. The maximum atomic E-state index is 10.3. The zero-order chi connectivity index (χ0) is 10.6. The molecule has 3 N–H and O–H groups in total. The van der Waals surface area contributed by atoms with Crippen molar-refractivity contribution in [3.05, 3.63) is 34.5 Å². The van der Waals surface area contributed by atoms with E-state index in [9.17, 15) is 14.9 Å². The molecule has 1 atom stereocenters. The number of carbonyl (C=O) groups is 1. The van der Waals surface area contributed by atoms with E-state index in [1.807, 2.05) is 0 Å². The molecule has 0 aromatic rings. The van der Waals surface area contributed by atoms with E-state index < -0.39 is 22.6 Å². The van der Waals surface area contributed by atoms with Crippen LogP contribution in [0.4, 0.5) is 0 Å². The maximum Gasteiger partial charge on any atom is 0.320 e. The first kappa shape index (κ1) is 11.3. The van der Waals surface area contributed by atoms with Gasteiger partial charge < -0.3 is 10.8 Å². The third-order valence-corrected chi connectivity index (χ3v) is 1.41. The number of rotatable bonds is 5. The van der Waals surface area contributed by atoms with E-state index in [1.54, 1.807) is 0 Å². The third-order valence-electron chi connectivity index (χ3n) is 1.41. The summed E-state index contributed by atoms with van der Waals surface area (Å²) in [6.07, 6.45) is -0.171. The van der Waals surface area contributed by atoms with Crippen LogP contribution in [0, 0.1) is 10.1 Å². The molecule has 72 valence electrons. The minimum Gasteiger partial charge on any atom is -0.480 e. The molecule has 0 aliphatic heterocycles. The van der Waals surface area contributed by atoms with E-state index in [-0.39, 0.29) is 12.0 Å². The lowest BCUT2D eigenvalue weighted by Gasteiger charge is -2.05. The standard InChI is InChI=1S/C7H10N2O4/c1-4(5(2)9(12)13)3-6(8)7(10)11/h6H,1-3,8H2,(H,10,11)/t6-/m0/s1. The Bertz CT molecular complexity index is 272. The Kier molecular flexibility index (Phi) is 3.80. The molecule has 0 amide bonds. The van der Waals surface area contributed by atoms with Crippen LogP contribution in [0.15, 0.2) is 24.4 Å². The molecule has 13 heavy (non-hydrogen) atoms. The van der Waals surface area contributed by atoms with Crippen LogP contribution in [0.2, 0.25) is 0 Å². The van der Waals surface area contributed by atoms with E-state index in [4.69, 9.17) is 10.8 Å². The van der Waals surface area contributed by atoms with Gasteiger partial charge >= 0.3 is 5.97 Å². The van der Waals surface area contributed by atoms with Crippen LogP contribution in [0.5, 0.6) is 0 Å². The highest BCUT2D eigenvalue weighted by Crippen LogP contribution is 2.11. The third kappa shape index (κ3) is 3.48. The van der Waals surface area contributed by atoms with Crippen molar-refractivity contribution in [2.24, 2.45) is 5.73 Å². The van der Waals surface area contributed by atoms with Crippen LogP contribution in [0.1, 0.15) is 6.42 Å². The molecule has 0 spiro atoms. The lowest BCUT2D eigenvalue weighted by atomic mass is 10.1. The first-order valence-corrected chi connectivity index (χ1v) is 3.36. The van der Waals surface area contributed by atoms with Crippen molar-refractivity contribution in [2.75, 3.05) is 0 Å². The molecular weight excluding hydrogens is 176 g/mol. The second-order valence-corrected chi connectivity index (χ2v) is 2.46. The van der Waals surface area contributed by atoms with Gasteiger partial charge in [0.1, 0.15) is 6.04 Å². The van der Waals surface area contributed by atoms with Crippen LogP contribution in [-0.4, -0.2) is 22.0 Å². The second-order valence-electron chi connectivity index (χ2n) is 2.46. The van der Waals surface area contributed by atoms with E-state index in [2.05, 4.69) is 13.2 Å². The van der Waals surface area contributed by atoms with Gasteiger partial charge in [-0.2, -0.15) is 0 Å². The summed E-state index contributed by atoms with van der Waals surface area (Å²) in [5, 5.41) is 18.5. The van der Waals surface area contributed by atoms with Gasteiger partial charge in [0.15, 0.2) is 0 Å². The predicted octanol–water partition coefficient (Wildman–Crippen LogP) is 0.135. The predicted molar refractivity (Wildman–Crippen MR) is 45.5 cm³/mol. The van der Waals surface area contributed by atoms with Crippen LogP contribution in [0.25, 0.3) is 0 Å². The topological polar surface area (TPSA) is 106 Å². The normalized spacial score (nSPS) is 11.8. The number of hydrogen-bond donors (Lipinski definition) is 2. The molecule has 0 heterocycles. The Morgan fingerprint density at radius 1 is 1.62 bits per heavy atom. The van der Waals surface area contributed by atoms with Gasteiger partial charge in [-0.15, -0.1) is 0 Å². The molecule has 0 bridgehead atoms. The largest absolute Gasteiger partial charge is 0.480 e. The number of nitrogens with zero attached hydrogens (tertiary/aromatic N) is 1. The van der Waals surface area contributed by atoms with Crippen LogP contribution in [-0.2, 0) is 4.79 Å². The van der Waals surface area contributed by atoms with Crippen molar-refractivity contribution in [3.8, 4) is 0 Å². The van der Waals surface area contributed by atoms with Gasteiger partial charge in [-0.1, -0.05) is 6.58 Å². The zero-order valence-electron chi connectivity index (χ0n) is 6.90. The molecule has 0 aliphatic carbocycles. The SMILES string of the molecule is C=C(C[C@H](N)C(=O)O)C(=C)[N+](=O)[O-]. The number of carboxylic acid groups (broad SMARTS) is 1. The molecule has 6 heteroatoms. The minimum atomic E-state index is -1.22. The first-order chi connectivity index (χ1) is 5.86. The maximum absolute atomic E-state index is 10.3. The van der Waals surface area contributed by atoms with Crippen molar-refractivity contribution in [1.82, 2.24) is 0 Å². The number of nitro groups is 1. The summed E-state index contributed by atoms with van der Waals surface area (Å²) in [5.41, 5.74) is 4.75. The highest BCUT2D eigenvalue weighted by atomic mass is 16.6. The van der Waals surface area contributed by atoms with Crippen molar-refractivity contribution in [2.45, 2.75) is 12.5 Å². The molecule has 0 saturated heterocycles. The summed E-state index contributed by atoms with van der Waals surface area (Å²) in [6, 6.07) is -1.18. The van der Waals surface area contributed by atoms with E-state index in [0.29, 0.717) is 0 Å². The summed E-state index contributed by atoms with van der Waals surface area (Å²) in [7, 11) is 0. The molecule has 0 fully saturated rings. The number of aliphatic carboxylic acids is 1. The van der Waals surface area contributed by atoms with Gasteiger partial charge in [0.05, 0.1) is 4.92 Å². The van der Waals surface area contributed by atoms with Crippen molar-refractivity contribution in [1.29, 1.82) is 0 Å². The Hall–Kier alpha value is -1.69. The second kappa shape index (κ2) is 4.36. The van der Waals surface area contributed by atoms with E-state index >= 15 is 0 Å². The Balaban J connectivity index is 4.24. The molecule has 0 aliphatic rings. The molecule has 0 aromatic carbocycles. The summed E-state index contributed by atoms with van der Waals surface area (Å²) >= 11 is 0. The number of nitrogens with two attached hydrogens (primary N) is 1. The highest BCUT2D eigenvalue weighted by molar-refractivity contribution is 5.73. The summed E-state index contributed by atoms with van der Waals surface area (Å²) in [4.78, 5) is 19.7. The van der Waals surface area contributed by atoms with Gasteiger partial charge in [0, 0.05) is 12.0 Å². The molecule has 0 unspecified atom stereocenters. The van der Waals surface area contributed by atoms with Crippen LogP contribution < -0.4 is 5.73 Å². The molecule has 0 rings (SSSR count). The fraction of sp³-hybridized carbons (Fsp3) is 0.286. The molecular formula is C7H10N2O4. The van der Waals surface area contributed by atoms with Crippen molar-refractivity contribution >= 4 is 5.97 Å². The first-order valence-electron chi connectivity index (χ1n) is 3.36. The summed E-state index contributed by atoms with van der Waals surface area (Å²) in [6.45, 7) is 6.43. The Labute approximate surface area is 74.5 Å². The smallest absolute Gasteiger partial charge is 0.320 e. The highest BCUT2D eigenvalue weighted by Gasteiger charge is 2.19. The average molecular weight is 186 g/mol. The molecule has 6 nitrogen and oxygen atoms in total. The Morgan fingerprint density at radius 2 is 2.08 bits per heavy atom. The van der Waals surface area contributed by atoms with E-state index in [1.165, 1.54) is 0 Å². The van der Waals surface area contributed by atoms with Crippen molar-refractivity contribution in [3.63, 3.8) is 0 Å². The van der Waals surface area contributed by atoms with E-state index in [0.717, 1.165) is 0 Å². The van der Waals surface area contributed by atoms with Gasteiger partial charge in [-0.05, 0) is 6.58 Å². The van der Waals surface area contributed by atoms with Crippen LogP contribution in [0.3, 0.4) is 0 Å². The van der Waals surface area contributed by atoms with Gasteiger partial charge in [0.2, 0.25) is 0 Å². The lowest BCUT2D eigenvalue weighted by molar-refractivity contribution is -0.420. The Morgan fingerprint density at radius 3 is 2.38 bits per heavy atom. The average Bonchev–Trinajstić information content (AvgIpc) is 2.02. The zero-order valence-corrected chi connectivity index (χ0v) is 6.90. The van der Waals surface area contributed by atoms with Gasteiger partial charge in [-0.25, -0.2) is 0 Å². The monoisotopic (exact) mass is 186 g/mol. The molecule has 0 saturated carbocycles. The van der Waals surface area contributed by atoms with Crippen molar-refractivity contribution < 1.29 is 14.8 Å². The number of carboxylic acids is 1.